The van der Waals surface area contributed by atoms with Gasteiger partial charge in [0.2, 0.25) is 5.91 Å². The fraction of sp³-hybridized carbons (Fsp3) is 0.350. The van der Waals surface area contributed by atoms with E-state index in [0.717, 1.165) is 16.9 Å². The van der Waals surface area contributed by atoms with Crippen LogP contribution in [0.15, 0.2) is 46.2 Å². The van der Waals surface area contributed by atoms with E-state index in [-0.39, 0.29) is 17.4 Å². The predicted octanol–water partition coefficient (Wildman–Crippen LogP) is 3.92. The van der Waals surface area contributed by atoms with Gasteiger partial charge in [-0.1, -0.05) is 23.9 Å². The van der Waals surface area contributed by atoms with E-state index in [1.165, 1.54) is 23.9 Å². The van der Waals surface area contributed by atoms with Crippen molar-refractivity contribution < 1.29 is 22.7 Å². The van der Waals surface area contributed by atoms with Gasteiger partial charge in [0.15, 0.2) is 11.0 Å². The van der Waals surface area contributed by atoms with Crippen molar-refractivity contribution in [1.82, 2.24) is 20.1 Å². The third-order valence-corrected chi connectivity index (χ3v) is 5.32. The molecule has 0 aliphatic heterocycles. The molecule has 160 valence electrons. The van der Waals surface area contributed by atoms with Crippen molar-refractivity contribution in [3.8, 4) is 17.1 Å². The molecule has 1 N–H and O–H groups in total. The normalized spacial score (nSPS) is 11.1. The molecular weight excluding hydrogens is 414 g/mol. The van der Waals surface area contributed by atoms with Crippen molar-refractivity contribution in [3.63, 3.8) is 0 Å². The summed E-state index contributed by atoms with van der Waals surface area (Å²) in [6.07, 6.45) is 2.19. The Morgan fingerprint density at radius 1 is 1.27 bits per heavy atom. The lowest BCUT2D eigenvalue weighted by Crippen LogP contribution is -2.27. The summed E-state index contributed by atoms with van der Waals surface area (Å²) in [5, 5.41) is 12.0. The number of rotatable bonds is 10. The Labute approximate surface area is 176 Å². The number of halogens is 2. The van der Waals surface area contributed by atoms with E-state index in [1.807, 2.05) is 24.5 Å². The number of benzene rings is 1. The van der Waals surface area contributed by atoms with Crippen LogP contribution in [0.25, 0.3) is 11.4 Å². The average Bonchev–Trinajstić information content (AvgIpc) is 3.32. The van der Waals surface area contributed by atoms with Gasteiger partial charge >= 0.3 is 6.61 Å². The fourth-order valence-electron chi connectivity index (χ4n) is 2.86. The lowest BCUT2D eigenvalue weighted by Gasteiger charge is -2.08. The van der Waals surface area contributed by atoms with Crippen LogP contribution in [0.1, 0.15) is 18.2 Å². The minimum atomic E-state index is -2.84. The van der Waals surface area contributed by atoms with Gasteiger partial charge in [-0.2, -0.15) is 8.78 Å². The minimum Gasteiger partial charge on any atom is -0.469 e. The number of nitrogens with zero attached hydrogens (tertiary/aromatic N) is 3. The second kappa shape index (κ2) is 10.2. The number of thioether (sulfide) groups is 1. The second-order valence-corrected chi connectivity index (χ2v) is 7.29. The predicted molar refractivity (Wildman–Crippen MR) is 109 cm³/mol. The maximum absolute atomic E-state index is 12.2. The van der Waals surface area contributed by atoms with Crippen LogP contribution in [0.3, 0.4) is 0 Å². The van der Waals surface area contributed by atoms with Crippen LogP contribution in [-0.2, 0) is 17.8 Å². The van der Waals surface area contributed by atoms with Gasteiger partial charge < -0.3 is 19.0 Å². The molecule has 0 saturated carbocycles. The summed E-state index contributed by atoms with van der Waals surface area (Å²) in [5.74, 6) is 1.68. The van der Waals surface area contributed by atoms with Crippen LogP contribution in [0, 0.1) is 6.92 Å². The molecule has 0 unspecified atom stereocenters. The zero-order valence-corrected chi connectivity index (χ0v) is 17.4. The summed E-state index contributed by atoms with van der Waals surface area (Å²) < 4.78 is 35.9. The molecule has 3 rings (SSSR count). The maximum Gasteiger partial charge on any atom is 0.387 e. The molecule has 0 aliphatic carbocycles. The van der Waals surface area contributed by atoms with Crippen LogP contribution in [0.2, 0.25) is 0 Å². The molecule has 0 spiro atoms. The van der Waals surface area contributed by atoms with Crippen LogP contribution in [0.4, 0.5) is 8.78 Å². The zero-order valence-electron chi connectivity index (χ0n) is 16.6. The molecule has 0 aliphatic rings. The van der Waals surface area contributed by atoms with Gasteiger partial charge in [-0.3, -0.25) is 4.79 Å². The molecule has 0 atom stereocenters. The van der Waals surface area contributed by atoms with E-state index < -0.39 is 6.61 Å². The van der Waals surface area contributed by atoms with Crippen molar-refractivity contribution in [2.75, 3.05) is 12.3 Å². The largest absolute Gasteiger partial charge is 0.469 e. The van der Waals surface area contributed by atoms with Crippen molar-refractivity contribution in [1.29, 1.82) is 0 Å². The topological polar surface area (TPSA) is 82.2 Å². The number of carbonyl (C=O) groups excluding carboxylic acids is 1. The Balaban J connectivity index is 1.47. The van der Waals surface area contributed by atoms with Gasteiger partial charge in [0.25, 0.3) is 0 Å². The van der Waals surface area contributed by atoms with E-state index in [2.05, 4.69) is 20.3 Å². The van der Waals surface area contributed by atoms with Crippen molar-refractivity contribution in [3.05, 3.63) is 47.9 Å². The number of hydrogen-bond acceptors (Lipinski definition) is 6. The van der Waals surface area contributed by atoms with Crippen LogP contribution < -0.4 is 10.1 Å². The van der Waals surface area contributed by atoms with Gasteiger partial charge in [0.1, 0.15) is 11.5 Å². The van der Waals surface area contributed by atoms with E-state index in [4.69, 9.17) is 4.42 Å². The fourth-order valence-corrected chi connectivity index (χ4v) is 3.69. The van der Waals surface area contributed by atoms with E-state index in [1.54, 1.807) is 18.4 Å². The molecule has 2 heterocycles. The molecule has 0 bridgehead atoms. The number of carbonyl (C=O) groups is 1. The Morgan fingerprint density at radius 3 is 2.67 bits per heavy atom. The van der Waals surface area contributed by atoms with Gasteiger partial charge in [0, 0.05) is 13.1 Å². The van der Waals surface area contributed by atoms with Crippen LogP contribution in [0.5, 0.6) is 5.75 Å². The molecule has 30 heavy (non-hydrogen) atoms. The molecular formula is C20H22F2N4O3S. The first-order valence-electron chi connectivity index (χ1n) is 9.38. The number of aryl methyl sites for hydroxylation is 1. The van der Waals surface area contributed by atoms with Gasteiger partial charge in [-0.15, -0.1) is 10.2 Å². The van der Waals surface area contributed by atoms with Crippen LogP contribution in [-0.4, -0.2) is 39.6 Å². The van der Waals surface area contributed by atoms with Crippen molar-refractivity contribution in [2.24, 2.45) is 0 Å². The average molecular weight is 436 g/mol. The highest BCUT2D eigenvalue weighted by atomic mass is 32.2. The summed E-state index contributed by atoms with van der Waals surface area (Å²) in [7, 11) is 0. The highest BCUT2D eigenvalue weighted by Gasteiger charge is 2.17. The summed E-state index contributed by atoms with van der Waals surface area (Å²) in [6.45, 7) is 2.12. The molecule has 1 aromatic carbocycles. The summed E-state index contributed by atoms with van der Waals surface area (Å²) in [6, 6.07) is 8.20. The number of hydrogen-bond donors (Lipinski definition) is 1. The molecule has 0 saturated heterocycles. The third-order valence-electron chi connectivity index (χ3n) is 4.35. The first-order valence-corrected chi connectivity index (χ1v) is 10.4. The highest BCUT2D eigenvalue weighted by Crippen LogP contribution is 2.26. The first-order chi connectivity index (χ1) is 14.5. The Kier molecular flexibility index (Phi) is 7.45. The molecule has 3 aromatic rings. The smallest absolute Gasteiger partial charge is 0.387 e. The highest BCUT2D eigenvalue weighted by molar-refractivity contribution is 7.99. The zero-order chi connectivity index (χ0) is 21.5. The summed E-state index contributed by atoms with van der Waals surface area (Å²) in [4.78, 5) is 12.2. The number of aromatic nitrogens is 3. The molecule has 2 aromatic heterocycles. The summed E-state index contributed by atoms with van der Waals surface area (Å²) >= 11 is 1.32. The number of alkyl halides is 2. The first kappa shape index (κ1) is 21.8. The van der Waals surface area contributed by atoms with Gasteiger partial charge in [-0.05, 0) is 44.0 Å². The van der Waals surface area contributed by atoms with Crippen molar-refractivity contribution >= 4 is 17.7 Å². The maximum atomic E-state index is 12.2. The van der Waals surface area contributed by atoms with E-state index >= 15 is 0 Å². The van der Waals surface area contributed by atoms with Gasteiger partial charge in [0.05, 0.1) is 17.6 Å². The Bertz CT molecular complexity index is 973. The number of amides is 1. The van der Waals surface area contributed by atoms with Crippen molar-refractivity contribution in [2.45, 2.75) is 38.6 Å². The quantitative estimate of drug-likeness (QED) is 0.485. The molecule has 7 nitrogen and oxygen atoms in total. The molecule has 0 fully saturated rings. The molecule has 10 heteroatoms. The molecule has 0 radical (unpaired) electrons. The Hall–Kier alpha value is -2.88. The number of ether oxygens (including phenoxy) is 1. The lowest BCUT2D eigenvalue weighted by atomic mass is 10.1. The Morgan fingerprint density at radius 2 is 2.03 bits per heavy atom. The number of nitrogens with one attached hydrogen (secondary N) is 1. The van der Waals surface area contributed by atoms with E-state index in [0.29, 0.717) is 30.5 Å². The lowest BCUT2D eigenvalue weighted by molar-refractivity contribution is -0.118. The second-order valence-electron chi connectivity index (χ2n) is 6.35. The summed E-state index contributed by atoms with van der Waals surface area (Å²) in [5.41, 5.74) is 1.79. The third kappa shape index (κ3) is 5.59. The van der Waals surface area contributed by atoms with E-state index in [9.17, 15) is 13.6 Å². The van der Waals surface area contributed by atoms with Gasteiger partial charge in [-0.25, -0.2) is 0 Å². The monoisotopic (exact) mass is 436 g/mol. The number of furan rings is 1. The SMILES string of the molecule is CCn1c(SCC(=O)NCCc2ccc(OC(F)F)cc2)nnc1-c1ccoc1C. The standard InChI is InChI=1S/C20H22F2N4O3S/c1-3-26-18(16-9-11-28-13(16)2)24-25-20(26)30-12-17(27)23-10-8-14-4-6-15(7-5-14)29-19(21)22/h4-7,9,11,19H,3,8,10,12H2,1-2H3,(H,23,27). The minimum absolute atomic E-state index is 0.110. The van der Waals surface area contributed by atoms with Crippen LogP contribution >= 0.6 is 11.8 Å². The molecule has 1 amide bonds.